The summed E-state index contributed by atoms with van der Waals surface area (Å²) < 4.78 is 6.36. The molecule has 3 heteroatoms. The molecule has 0 aromatic rings. The average Bonchev–Trinajstić information content (AvgIpc) is 2.98. The number of carboxylic acids is 1. The zero-order valence-electron chi connectivity index (χ0n) is 19.3. The lowest BCUT2D eigenvalue weighted by Gasteiger charge is -2.60. The normalized spacial score (nSPS) is 47.7. The van der Waals surface area contributed by atoms with E-state index in [1.54, 1.807) is 0 Å². The maximum Gasteiger partial charge on any atom is 0.303 e. The van der Waals surface area contributed by atoms with Crippen molar-refractivity contribution >= 4 is 5.97 Å². The van der Waals surface area contributed by atoms with Gasteiger partial charge in [0.25, 0.3) is 0 Å². The van der Waals surface area contributed by atoms with Crippen molar-refractivity contribution in [3.05, 3.63) is 0 Å². The van der Waals surface area contributed by atoms with Crippen LogP contribution in [-0.4, -0.2) is 23.8 Å². The monoisotopic (exact) mass is 404 g/mol. The maximum absolute atomic E-state index is 11.2. The van der Waals surface area contributed by atoms with E-state index in [9.17, 15) is 9.90 Å². The minimum atomic E-state index is -0.656. The highest BCUT2D eigenvalue weighted by Crippen LogP contribution is 2.68. The van der Waals surface area contributed by atoms with Crippen LogP contribution >= 0.6 is 0 Å². The van der Waals surface area contributed by atoms with Crippen LogP contribution in [0.25, 0.3) is 0 Å². The number of hydrogen-bond acceptors (Lipinski definition) is 2. The lowest BCUT2D eigenvalue weighted by atomic mass is 9.44. The second-order valence-electron chi connectivity index (χ2n) is 11.6. The Hall–Kier alpha value is -0.570. The summed E-state index contributed by atoms with van der Waals surface area (Å²) in [4.78, 5) is 11.2. The first-order valence-corrected chi connectivity index (χ1v) is 12.6. The minimum absolute atomic E-state index is 0.295. The summed E-state index contributed by atoms with van der Waals surface area (Å²) in [6.45, 7) is 10.4. The first kappa shape index (κ1) is 21.7. The molecule has 0 aromatic heterocycles. The number of rotatable bonds is 6. The van der Waals surface area contributed by atoms with E-state index in [4.69, 9.17) is 4.74 Å². The molecular formula is C26H44O3. The molecule has 0 amide bonds. The Labute approximate surface area is 178 Å². The van der Waals surface area contributed by atoms with Crippen LogP contribution in [0.4, 0.5) is 0 Å². The van der Waals surface area contributed by atoms with Gasteiger partial charge in [0.05, 0.1) is 6.10 Å². The van der Waals surface area contributed by atoms with Gasteiger partial charge in [0.2, 0.25) is 0 Å². The summed E-state index contributed by atoms with van der Waals surface area (Å²) >= 11 is 0. The van der Waals surface area contributed by atoms with Gasteiger partial charge in [-0.3, -0.25) is 4.79 Å². The molecule has 3 nitrogen and oxygen atoms in total. The Morgan fingerprint density at radius 3 is 2.59 bits per heavy atom. The Kier molecular flexibility index (Phi) is 6.10. The first-order chi connectivity index (χ1) is 13.8. The van der Waals surface area contributed by atoms with E-state index >= 15 is 0 Å². The predicted octanol–water partition coefficient (Wildman–Crippen LogP) is 6.55. The molecule has 0 aromatic carbocycles. The van der Waals surface area contributed by atoms with Gasteiger partial charge in [-0.2, -0.15) is 0 Å². The van der Waals surface area contributed by atoms with E-state index in [-0.39, 0.29) is 0 Å². The molecular weight excluding hydrogens is 360 g/mol. The van der Waals surface area contributed by atoms with Gasteiger partial charge in [-0.1, -0.05) is 33.6 Å². The number of carboxylic acid groups (broad SMARTS) is 1. The third-order valence-corrected chi connectivity index (χ3v) is 10.5. The van der Waals surface area contributed by atoms with Gasteiger partial charge in [-0.15, -0.1) is 0 Å². The summed E-state index contributed by atoms with van der Waals surface area (Å²) in [6, 6.07) is 0. The highest BCUT2D eigenvalue weighted by molar-refractivity contribution is 5.66. The molecule has 0 spiro atoms. The Balaban J connectivity index is 1.59. The Bertz CT molecular complexity index is 603. The van der Waals surface area contributed by atoms with Crippen molar-refractivity contribution < 1.29 is 14.6 Å². The first-order valence-electron chi connectivity index (χ1n) is 12.6. The second-order valence-corrected chi connectivity index (χ2v) is 11.6. The SMILES string of the molecule is CCOC1C[C@H]2[C@@H]3CCC4CCCC[C@]4(C)[C@H]3CC[C@]2(C)[C@H]1[C@H](C)CCC(=O)O. The minimum Gasteiger partial charge on any atom is -0.481 e. The summed E-state index contributed by atoms with van der Waals surface area (Å²) in [6.07, 6.45) is 14.0. The van der Waals surface area contributed by atoms with Crippen LogP contribution < -0.4 is 0 Å². The third-order valence-electron chi connectivity index (χ3n) is 10.5. The molecule has 4 aliphatic carbocycles. The molecule has 0 aliphatic heterocycles. The zero-order valence-corrected chi connectivity index (χ0v) is 19.3. The van der Waals surface area contributed by atoms with Gasteiger partial charge < -0.3 is 9.84 Å². The van der Waals surface area contributed by atoms with Crippen molar-refractivity contribution in [2.45, 2.75) is 104 Å². The summed E-state index contributed by atoms with van der Waals surface area (Å²) in [5.74, 6) is 3.81. The van der Waals surface area contributed by atoms with Crippen LogP contribution in [0.15, 0.2) is 0 Å². The molecule has 0 radical (unpaired) electrons. The Morgan fingerprint density at radius 1 is 1.07 bits per heavy atom. The molecule has 4 rings (SSSR count). The average molecular weight is 405 g/mol. The van der Waals surface area contributed by atoms with Crippen LogP contribution in [0, 0.1) is 46.3 Å². The van der Waals surface area contributed by atoms with Crippen molar-refractivity contribution in [3.8, 4) is 0 Å². The fourth-order valence-corrected chi connectivity index (χ4v) is 9.26. The molecule has 2 unspecified atom stereocenters. The van der Waals surface area contributed by atoms with Gasteiger partial charge in [0, 0.05) is 13.0 Å². The van der Waals surface area contributed by atoms with Crippen molar-refractivity contribution in [1.29, 1.82) is 0 Å². The van der Waals surface area contributed by atoms with Crippen LogP contribution in [-0.2, 0) is 9.53 Å². The van der Waals surface area contributed by atoms with Gasteiger partial charge in [0.15, 0.2) is 0 Å². The van der Waals surface area contributed by atoms with Crippen molar-refractivity contribution in [1.82, 2.24) is 0 Å². The van der Waals surface area contributed by atoms with E-state index in [1.807, 2.05) is 0 Å². The van der Waals surface area contributed by atoms with Crippen LogP contribution in [0.1, 0.15) is 98.3 Å². The van der Waals surface area contributed by atoms with E-state index in [0.717, 1.165) is 36.7 Å². The highest BCUT2D eigenvalue weighted by atomic mass is 16.5. The summed E-state index contributed by atoms with van der Waals surface area (Å²) in [5.41, 5.74) is 0.910. The predicted molar refractivity (Wildman–Crippen MR) is 117 cm³/mol. The number of ether oxygens (including phenoxy) is 1. The largest absolute Gasteiger partial charge is 0.481 e. The number of fused-ring (bicyclic) bond motifs is 5. The van der Waals surface area contributed by atoms with Crippen LogP contribution in [0.5, 0.6) is 0 Å². The number of aliphatic carboxylic acids is 1. The molecule has 0 heterocycles. The molecule has 9 atom stereocenters. The quantitative estimate of drug-likeness (QED) is 0.546. The zero-order chi connectivity index (χ0) is 20.8. The van der Waals surface area contributed by atoms with Crippen LogP contribution in [0.3, 0.4) is 0 Å². The van der Waals surface area contributed by atoms with E-state index in [0.29, 0.717) is 35.2 Å². The molecule has 4 aliphatic rings. The fourth-order valence-electron chi connectivity index (χ4n) is 9.26. The molecule has 166 valence electrons. The highest BCUT2D eigenvalue weighted by Gasteiger charge is 2.62. The third kappa shape index (κ3) is 3.58. The van der Waals surface area contributed by atoms with Gasteiger partial charge >= 0.3 is 5.97 Å². The fraction of sp³-hybridized carbons (Fsp3) is 0.962. The Morgan fingerprint density at radius 2 is 1.86 bits per heavy atom. The van der Waals surface area contributed by atoms with E-state index < -0.39 is 5.97 Å². The number of hydrogen-bond donors (Lipinski definition) is 1. The van der Waals surface area contributed by atoms with Gasteiger partial charge in [-0.05, 0) is 105 Å². The molecule has 0 saturated heterocycles. The van der Waals surface area contributed by atoms with E-state index in [2.05, 4.69) is 27.7 Å². The molecule has 4 fully saturated rings. The van der Waals surface area contributed by atoms with Gasteiger partial charge in [-0.25, -0.2) is 0 Å². The summed E-state index contributed by atoms with van der Waals surface area (Å²) in [7, 11) is 0. The lowest BCUT2D eigenvalue weighted by Crippen LogP contribution is -2.53. The topological polar surface area (TPSA) is 46.5 Å². The van der Waals surface area contributed by atoms with Crippen molar-refractivity contribution in [2.24, 2.45) is 46.3 Å². The standard InChI is InChI=1S/C26H44O3/c1-5-29-22-16-21-19-11-10-18-8-6-7-14-25(18,3)20(19)13-15-26(21,4)24(22)17(2)9-12-23(27)28/h17-22,24H,5-16H2,1-4H3,(H,27,28)/t17-,18?,19-,20+,21+,22?,24+,25+,26+/m1/s1. The van der Waals surface area contributed by atoms with Crippen LogP contribution in [0.2, 0.25) is 0 Å². The maximum atomic E-state index is 11.2. The second kappa shape index (κ2) is 8.17. The van der Waals surface area contributed by atoms with E-state index in [1.165, 1.54) is 57.8 Å². The molecule has 29 heavy (non-hydrogen) atoms. The smallest absolute Gasteiger partial charge is 0.303 e. The molecule has 4 saturated carbocycles. The molecule has 1 N–H and O–H groups in total. The summed E-state index contributed by atoms with van der Waals surface area (Å²) in [5, 5.41) is 9.23. The van der Waals surface area contributed by atoms with Gasteiger partial charge in [0.1, 0.15) is 0 Å². The van der Waals surface area contributed by atoms with Crippen molar-refractivity contribution in [3.63, 3.8) is 0 Å². The molecule has 0 bridgehead atoms. The van der Waals surface area contributed by atoms with Crippen molar-refractivity contribution in [2.75, 3.05) is 6.61 Å². The number of carbonyl (C=O) groups is 1. The lowest BCUT2D eigenvalue weighted by molar-refractivity contribution is -0.138.